The fourth-order valence-corrected chi connectivity index (χ4v) is 4.08. The molecule has 0 radical (unpaired) electrons. The SMILES string of the molecule is CC[NH+](CC)CCN1C(=O)C(=O)/C(=C(/[O-])c2ccc(F)cc2)C1c1ccc(Cl)c(Cl)c1. The van der Waals surface area contributed by atoms with Crippen molar-refractivity contribution in [1.82, 2.24) is 4.90 Å². The number of Topliss-reactive ketones (excluding diaryl/α,β-unsaturated/α-hetero) is 1. The monoisotopic (exact) mass is 464 g/mol. The molecule has 1 unspecified atom stereocenters. The van der Waals surface area contributed by atoms with Crippen molar-refractivity contribution in [3.8, 4) is 0 Å². The first-order valence-electron chi connectivity index (χ1n) is 10.1. The summed E-state index contributed by atoms with van der Waals surface area (Å²) in [5.41, 5.74) is 0.497. The molecule has 8 heteroatoms. The van der Waals surface area contributed by atoms with E-state index in [4.69, 9.17) is 23.2 Å². The van der Waals surface area contributed by atoms with Gasteiger partial charge in [0.25, 0.3) is 5.91 Å². The zero-order valence-electron chi connectivity index (χ0n) is 17.3. The second-order valence-electron chi connectivity index (χ2n) is 7.36. The molecule has 0 aromatic heterocycles. The summed E-state index contributed by atoms with van der Waals surface area (Å²) in [6.45, 7) is 6.75. The van der Waals surface area contributed by atoms with Gasteiger partial charge in [0, 0.05) is 5.57 Å². The highest BCUT2D eigenvalue weighted by molar-refractivity contribution is 6.46. The summed E-state index contributed by atoms with van der Waals surface area (Å²) in [6.07, 6.45) is 0. The standard InChI is InChI=1S/C23H23Cl2FN2O3/c1-3-27(4-2)11-12-28-20(15-7-10-17(24)18(25)13-15)19(22(30)23(28)31)21(29)14-5-8-16(26)9-6-14/h5-10,13,20,29H,3-4,11-12H2,1-2H3/b21-19+. The number of ketones is 1. The Morgan fingerprint density at radius 1 is 1.06 bits per heavy atom. The van der Waals surface area contributed by atoms with Crippen molar-refractivity contribution in [2.45, 2.75) is 19.9 Å². The quantitative estimate of drug-likeness (QED) is 0.388. The molecule has 0 spiro atoms. The summed E-state index contributed by atoms with van der Waals surface area (Å²) in [4.78, 5) is 28.5. The van der Waals surface area contributed by atoms with E-state index in [1.54, 1.807) is 18.2 Å². The second-order valence-corrected chi connectivity index (χ2v) is 8.17. The van der Waals surface area contributed by atoms with Gasteiger partial charge in [-0.3, -0.25) is 9.59 Å². The van der Waals surface area contributed by atoms with Gasteiger partial charge >= 0.3 is 0 Å². The summed E-state index contributed by atoms with van der Waals surface area (Å²) in [5, 5.41) is 13.8. The molecule has 2 aromatic rings. The Kier molecular flexibility index (Phi) is 7.36. The number of hydrogen-bond donors (Lipinski definition) is 1. The molecule has 1 aliphatic rings. The Morgan fingerprint density at radius 3 is 2.29 bits per heavy atom. The summed E-state index contributed by atoms with van der Waals surface area (Å²) >= 11 is 12.2. The largest absolute Gasteiger partial charge is 0.872 e. The van der Waals surface area contributed by atoms with Crippen LogP contribution in [0.2, 0.25) is 10.0 Å². The van der Waals surface area contributed by atoms with Crippen molar-refractivity contribution in [3.05, 3.63) is 75.0 Å². The lowest BCUT2D eigenvalue weighted by Crippen LogP contribution is -3.12. The van der Waals surface area contributed by atoms with Gasteiger partial charge in [0.2, 0.25) is 5.78 Å². The molecule has 5 nitrogen and oxygen atoms in total. The van der Waals surface area contributed by atoms with Crippen LogP contribution in [0.3, 0.4) is 0 Å². The number of quaternary nitrogens is 1. The maximum Gasteiger partial charge on any atom is 0.295 e. The summed E-state index contributed by atoms with van der Waals surface area (Å²) < 4.78 is 13.3. The van der Waals surface area contributed by atoms with Crippen LogP contribution in [-0.4, -0.2) is 42.8 Å². The van der Waals surface area contributed by atoms with E-state index in [2.05, 4.69) is 0 Å². The van der Waals surface area contributed by atoms with Gasteiger partial charge in [-0.05, 0) is 49.2 Å². The molecule has 1 fully saturated rings. The molecule has 1 heterocycles. The predicted octanol–water partition coefficient (Wildman–Crippen LogP) is 2.28. The van der Waals surface area contributed by atoms with Crippen LogP contribution in [0.15, 0.2) is 48.0 Å². The molecule has 1 amide bonds. The number of likely N-dealkylation sites (N-methyl/N-ethyl adjacent to an activating group) is 1. The number of rotatable bonds is 7. The minimum absolute atomic E-state index is 0.138. The summed E-state index contributed by atoms with van der Waals surface area (Å²) in [7, 11) is 0. The average Bonchev–Trinajstić information content (AvgIpc) is 3.01. The smallest absolute Gasteiger partial charge is 0.295 e. The van der Waals surface area contributed by atoms with Crippen LogP contribution in [0.4, 0.5) is 4.39 Å². The molecule has 1 N–H and O–H groups in total. The number of carbonyl (C=O) groups excluding carboxylic acids is 2. The molecular formula is C23H23Cl2FN2O3. The number of hydrogen-bond acceptors (Lipinski definition) is 3. The minimum atomic E-state index is -0.887. The number of nitrogens with one attached hydrogen (secondary N) is 1. The zero-order chi connectivity index (χ0) is 22.7. The fraction of sp³-hybridized carbons (Fsp3) is 0.304. The number of nitrogens with zero attached hydrogens (tertiary/aromatic N) is 1. The van der Waals surface area contributed by atoms with E-state index in [0.717, 1.165) is 25.2 Å². The average molecular weight is 465 g/mol. The number of amides is 1. The van der Waals surface area contributed by atoms with E-state index in [1.165, 1.54) is 21.9 Å². The highest BCUT2D eigenvalue weighted by Crippen LogP contribution is 2.40. The van der Waals surface area contributed by atoms with E-state index < -0.39 is 29.3 Å². The molecule has 0 saturated carbocycles. The maximum atomic E-state index is 13.3. The van der Waals surface area contributed by atoms with Crippen molar-refractivity contribution in [2.24, 2.45) is 0 Å². The van der Waals surface area contributed by atoms with Gasteiger partial charge in [-0.15, -0.1) is 0 Å². The summed E-state index contributed by atoms with van der Waals surface area (Å²) in [6, 6.07) is 8.79. The van der Waals surface area contributed by atoms with Gasteiger partial charge in [-0.1, -0.05) is 47.2 Å². The predicted molar refractivity (Wildman–Crippen MR) is 116 cm³/mol. The minimum Gasteiger partial charge on any atom is -0.872 e. The first-order valence-corrected chi connectivity index (χ1v) is 10.8. The van der Waals surface area contributed by atoms with Gasteiger partial charge in [-0.25, -0.2) is 4.39 Å². The van der Waals surface area contributed by atoms with Crippen molar-refractivity contribution in [2.75, 3.05) is 26.2 Å². The number of halogens is 3. The van der Waals surface area contributed by atoms with Gasteiger partial charge in [0.05, 0.1) is 42.3 Å². The molecular weight excluding hydrogens is 442 g/mol. The zero-order valence-corrected chi connectivity index (χ0v) is 18.8. The van der Waals surface area contributed by atoms with Crippen molar-refractivity contribution < 1.29 is 24.0 Å². The Morgan fingerprint density at radius 2 is 1.71 bits per heavy atom. The molecule has 0 aliphatic carbocycles. The molecule has 164 valence electrons. The third-order valence-corrected chi connectivity index (χ3v) is 6.34. The lowest BCUT2D eigenvalue weighted by atomic mass is 9.95. The number of carbonyl (C=O) groups is 2. The lowest BCUT2D eigenvalue weighted by Gasteiger charge is -2.28. The molecule has 0 bridgehead atoms. The maximum absolute atomic E-state index is 13.3. The Bertz CT molecular complexity index is 1020. The molecule has 2 aromatic carbocycles. The van der Waals surface area contributed by atoms with E-state index in [-0.39, 0.29) is 16.2 Å². The number of benzene rings is 2. The van der Waals surface area contributed by atoms with Crippen molar-refractivity contribution in [1.29, 1.82) is 0 Å². The first kappa shape index (κ1) is 23.3. The van der Waals surface area contributed by atoms with Crippen LogP contribution in [0.5, 0.6) is 0 Å². The van der Waals surface area contributed by atoms with Crippen LogP contribution in [0.25, 0.3) is 5.76 Å². The normalized spacial score (nSPS) is 18.3. The van der Waals surface area contributed by atoms with Gasteiger partial charge in [0.1, 0.15) is 5.82 Å². The van der Waals surface area contributed by atoms with E-state index in [0.29, 0.717) is 23.7 Å². The first-order chi connectivity index (χ1) is 14.8. The van der Waals surface area contributed by atoms with Crippen LogP contribution < -0.4 is 10.0 Å². The lowest BCUT2D eigenvalue weighted by molar-refractivity contribution is -0.895. The van der Waals surface area contributed by atoms with Gasteiger partial charge in [0.15, 0.2) is 0 Å². The highest BCUT2D eigenvalue weighted by atomic mass is 35.5. The summed E-state index contributed by atoms with van der Waals surface area (Å²) in [5.74, 6) is -2.68. The highest BCUT2D eigenvalue weighted by Gasteiger charge is 2.44. The van der Waals surface area contributed by atoms with E-state index in [9.17, 15) is 19.1 Å². The molecule has 1 aliphatic heterocycles. The van der Waals surface area contributed by atoms with Crippen molar-refractivity contribution >= 4 is 40.7 Å². The van der Waals surface area contributed by atoms with Crippen LogP contribution in [-0.2, 0) is 9.59 Å². The molecule has 1 atom stereocenters. The van der Waals surface area contributed by atoms with Crippen LogP contribution in [0, 0.1) is 5.82 Å². The van der Waals surface area contributed by atoms with Gasteiger partial charge < -0.3 is 14.9 Å². The molecule has 31 heavy (non-hydrogen) atoms. The third-order valence-electron chi connectivity index (χ3n) is 5.60. The Labute approximate surface area is 190 Å². The Hall–Kier alpha value is -2.41. The number of likely N-dealkylation sites (tertiary alicyclic amines) is 1. The second kappa shape index (κ2) is 9.81. The van der Waals surface area contributed by atoms with E-state index in [1.807, 2.05) is 13.8 Å². The van der Waals surface area contributed by atoms with Crippen molar-refractivity contribution in [3.63, 3.8) is 0 Å². The van der Waals surface area contributed by atoms with Crippen LogP contribution in [0.1, 0.15) is 31.0 Å². The van der Waals surface area contributed by atoms with E-state index >= 15 is 0 Å². The fourth-order valence-electron chi connectivity index (χ4n) is 3.77. The molecule has 1 saturated heterocycles. The molecule has 3 rings (SSSR count). The van der Waals surface area contributed by atoms with Crippen LogP contribution >= 0.6 is 23.2 Å². The van der Waals surface area contributed by atoms with Gasteiger partial charge in [-0.2, -0.15) is 0 Å². The topological polar surface area (TPSA) is 64.9 Å². The third kappa shape index (κ3) is 4.76. The Balaban J connectivity index is 2.12.